The van der Waals surface area contributed by atoms with Crippen LogP contribution in [0.25, 0.3) is 10.9 Å². The summed E-state index contributed by atoms with van der Waals surface area (Å²) in [5, 5.41) is 0.390. The van der Waals surface area contributed by atoms with Crippen LogP contribution in [-0.4, -0.2) is 42.2 Å². The number of amides is 1. The normalized spacial score (nSPS) is 10.9. The number of hydrogen-bond acceptors (Lipinski definition) is 4. The minimum absolute atomic E-state index is 0.148. The highest BCUT2D eigenvalue weighted by Gasteiger charge is 2.20. The van der Waals surface area contributed by atoms with E-state index >= 15 is 0 Å². The largest absolute Gasteiger partial charge is 0.398 e. The second-order valence-electron chi connectivity index (χ2n) is 5.28. The van der Waals surface area contributed by atoms with E-state index in [0.29, 0.717) is 42.8 Å². The monoisotopic (exact) mass is 317 g/mol. The fourth-order valence-electron chi connectivity index (χ4n) is 2.67. The fourth-order valence-corrected chi connectivity index (χ4v) is 2.67. The lowest BCUT2D eigenvalue weighted by Gasteiger charge is -2.20. The van der Waals surface area contributed by atoms with Crippen LogP contribution in [0.2, 0.25) is 0 Å². The molecule has 0 bridgehead atoms. The highest BCUT2D eigenvalue weighted by molar-refractivity contribution is 6.00. The molecule has 0 atom stereocenters. The summed E-state index contributed by atoms with van der Waals surface area (Å²) in [4.78, 5) is 27.1. The SMILES string of the molecule is CCN(CC)C(=O)c1cn(CCOC)c2cccc(N)c2c1=O. The zero-order chi connectivity index (χ0) is 17.0. The van der Waals surface area contributed by atoms with Crippen molar-refractivity contribution in [3.63, 3.8) is 0 Å². The lowest BCUT2D eigenvalue weighted by Crippen LogP contribution is -2.34. The van der Waals surface area contributed by atoms with Crippen LogP contribution in [0.5, 0.6) is 0 Å². The van der Waals surface area contributed by atoms with Crippen LogP contribution in [-0.2, 0) is 11.3 Å². The Morgan fingerprint density at radius 1 is 1.30 bits per heavy atom. The first-order valence-electron chi connectivity index (χ1n) is 7.74. The van der Waals surface area contributed by atoms with Gasteiger partial charge in [-0.15, -0.1) is 0 Å². The van der Waals surface area contributed by atoms with Crippen LogP contribution < -0.4 is 11.2 Å². The summed E-state index contributed by atoms with van der Waals surface area (Å²) >= 11 is 0. The standard InChI is InChI=1S/C17H23N3O3/c1-4-19(5-2)17(22)12-11-20(9-10-23-3)14-8-6-7-13(18)15(14)16(12)21/h6-8,11H,4-5,9-10,18H2,1-3H3. The number of aromatic nitrogens is 1. The molecule has 1 aromatic heterocycles. The Kier molecular flexibility index (Phi) is 5.39. The number of anilines is 1. The van der Waals surface area contributed by atoms with Crippen LogP contribution in [0.4, 0.5) is 5.69 Å². The minimum Gasteiger partial charge on any atom is -0.398 e. The van der Waals surface area contributed by atoms with Gasteiger partial charge in [-0.1, -0.05) is 6.07 Å². The van der Waals surface area contributed by atoms with E-state index in [-0.39, 0.29) is 16.9 Å². The van der Waals surface area contributed by atoms with Crippen molar-refractivity contribution >= 4 is 22.5 Å². The molecule has 2 N–H and O–H groups in total. The van der Waals surface area contributed by atoms with Gasteiger partial charge in [-0.2, -0.15) is 0 Å². The lowest BCUT2D eigenvalue weighted by atomic mass is 10.1. The third-order valence-corrected chi connectivity index (χ3v) is 3.96. The number of fused-ring (bicyclic) bond motifs is 1. The number of benzene rings is 1. The number of carbonyl (C=O) groups excluding carboxylic acids is 1. The van der Waals surface area contributed by atoms with Crippen molar-refractivity contribution in [2.45, 2.75) is 20.4 Å². The topological polar surface area (TPSA) is 77.6 Å². The van der Waals surface area contributed by atoms with Gasteiger partial charge in [0.2, 0.25) is 5.43 Å². The minimum atomic E-state index is -0.316. The number of pyridine rings is 1. The molecule has 0 aliphatic carbocycles. The molecule has 0 spiro atoms. The third-order valence-electron chi connectivity index (χ3n) is 3.96. The van der Waals surface area contributed by atoms with Gasteiger partial charge in [-0.25, -0.2) is 0 Å². The van der Waals surface area contributed by atoms with Gasteiger partial charge in [-0.3, -0.25) is 9.59 Å². The Labute approximate surface area is 135 Å². The van der Waals surface area contributed by atoms with E-state index in [0.717, 1.165) is 0 Å². The summed E-state index contributed by atoms with van der Waals surface area (Å²) < 4.78 is 6.97. The number of ether oxygens (including phenoxy) is 1. The maximum absolute atomic E-state index is 12.8. The smallest absolute Gasteiger partial charge is 0.259 e. The molecule has 2 aromatic rings. The molecular formula is C17H23N3O3. The van der Waals surface area contributed by atoms with Gasteiger partial charge in [0, 0.05) is 38.6 Å². The Bertz CT molecular complexity index is 764. The second kappa shape index (κ2) is 7.28. The molecule has 0 unspecified atom stereocenters. The Morgan fingerprint density at radius 2 is 2.00 bits per heavy atom. The summed E-state index contributed by atoms with van der Waals surface area (Å²) in [6, 6.07) is 5.30. The van der Waals surface area contributed by atoms with E-state index < -0.39 is 0 Å². The van der Waals surface area contributed by atoms with Crippen molar-refractivity contribution in [1.82, 2.24) is 9.47 Å². The molecule has 124 valence electrons. The first-order chi connectivity index (χ1) is 11.0. The van der Waals surface area contributed by atoms with Crippen molar-refractivity contribution in [3.05, 3.63) is 40.2 Å². The average molecular weight is 317 g/mol. The first-order valence-corrected chi connectivity index (χ1v) is 7.74. The van der Waals surface area contributed by atoms with Gasteiger partial charge in [0.15, 0.2) is 0 Å². The predicted octanol–water partition coefficient (Wildman–Crippen LogP) is 1.71. The van der Waals surface area contributed by atoms with Crippen LogP contribution in [0, 0.1) is 0 Å². The second-order valence-corrected chi connectivity index (χ2v) is 5.28. The van der Waals surface area contributed by atoms with E-state index in [4.69, 9.17) is 10.5 Å². The number of nitrogen functional groups attached to an aromatic ring is 1. The van der Waals surface area contributed by atoms with E-state index in [1.54, 1.807) is 30.3 Å². The quantitative estimate of drug-likeness (QED) is 0.823. The van der Waals surface area contributed by atoms with Crippen molar-refractivity contribution in [2.75, 3.05) is 32.5 Å². The highest BCUT2D eigenvalue weighted by atomic mass is 16.5. The molecule has 1 amide bonds. The van der Waals surface area contributed by atoms with Crippen LogP contribution in [0.15, 0.2) is 29.2 Å². The summed E-state index contributed by atoms with van der Waals surface area (Å²) in [6.45, 7) is 5.89. The van der Waals surface area contributed by atoms with Crippen molar-refractivity contribution in [1.29, 1.82) is 0 Å². The molecule has 0 saturated heterocycles. The third kappa shape index (κ3) is 3.22. The number of methoxy groups -OCH3 is 1. The van der Waals surface area contributed by atoms with Crippen LogP contribution >= 0.6 is 0 Å². The number of nitrogens with zero attached hydrogens (tertiary/aromatic N) is 2. The van der Waals surface area contributed by atoms with Gasteiger partial charge in [0.25, 0.3) is 5.91 Å². The van der Waals surface area contributed by atoms with Crippen LogP contribution in [0.1, 0.15) is 24.2 Å². The highest BCUT2D eigenvalue weighted by Crippen LogP contribution is 2.19. The van der Waals surface area contributed by atoms with Gasteiger partial charge < -0.3 is 19.9 Å². The summed E-state index contributed by atoms with van der Waals surface area (Å²) in [6.07, 6.45) is 1.61. The van der Waals surface area contributed by atoms with E-state index in [9.17, 15) is 9.59 Å². The number of carbonyl (C=O) groups is 1. The maximum atomic E-state index is 12.8. The van der Waals surface area contributed by atoms with Crippen molar-refractivity contribution in [2.24, 2.45) is 0 Å². The molecule has 0 fully saturated rings. The molecule has 0 aliphatic rings. The number of hydrogen-bond donors (Lipinski definition) is 1. The molecule has 6 heteroatoms. The van der Waals surface area contributed by atoms with Crippen molar-refractivity contribution < 1.29 is 9.53 Å². The average Bonchev–Trinajstić information content (AvgIpc) is 2.55. The molecule has 6 nitrogen and oxygen atoms in total. The molecular weight excluding hydrogens is 294 g/mol. The van der Waals surface area contributed by atoms with Crippen molar-refractivity contribution in [3.8, 4) is 0 Å². The van der Waals surface area contributed by atoms with E-state index in [1.807, 2.05) is 24.5 Å². The Balaban J connectivity index is 2.70. The van der Waals surface area contributed by atoms with Gasteiger partial charge >= 0.3 is 0 Å². The first kappa shape index (κ1) is 17.0. The van der Waals surface area contributed by atoms with Crippen LogP contribution in [0.3, 0.4) is 0 Å². The summed E-state index contributed by atoms with van der Waals surface area (Å²) in [5.74, 6) is -0.267. The number of nitrogens with two attached hydrogens (primary N) is 1. The zero-order valence-corrected chi connectivity index (χ0v) is 13.8. The molecule has 0 aliphatic heterocycles. The molecule has 1 heterocycles. The predicted molar refractivity (Wildman–Crippen MR) is 91.7 cm³/mol. The summed E-state index contributed by atoms with van der Waals surface area (Å²) in [5.41, 5.74) is 6.92. The lowest BCUT2D eigenvalue weighted by molar-refractivity contribution is 0.0771. The zero-order valence-electron chi connectivity index (χ0n) is 13.8. The molecule has 1 aromatic carbocycles. The maximum Gasteiger partial charge on any atom is 0.259 e. The van der Waals surface area contributed by atoms with Gasteiger partial charge in [0.1, 0.15) is 5.56 Å². The van der Waals surface area contributed by atoms with Gasteiger partial charge in [0.05, 0.1) is 17.5 Å². The molecule has 23 heavy (non-hydrogen) atoms. The Morgan fingerprint density at radius 3 is 2.61 bits per heavy atom. The molecule has 0 radical (unpaired) electrons. The summed E-state index contributed by atoms with van der Waals surface area (Å²) in [7, 11) is 1.61. The Hall–Kier alpha value is -2.34. The molecule has 2 rings (SSSR count). The van der Waals surface area contributed by atoms with E-state index in [1.165, 1.54) is 0 Å². The molecule has 0 saturated carbocycles. The van der Waals surface area contributed by atoms with E-state index in [2.05, 4.69) is 0 Å². The fraction of sp³-hybridized carbons (Fsp3) is 0.412. The van der Waals surface area contributed by atoms with Gasteiger partial charge in [-0.05, 0) is 26.0 Å². The number of rotatable bonds is 6.